The number of carbonyl (C=O) groups excluding carboxylic acids is 1. The smallest absolute Gasteiger partial charge is 0.366 e. The lowest BCUT2D eigenvalue weighted by atomic mass is 9.93. The van der Waals surface area contributed by atoms with Crippen LogP contribution < -0.4 is 5.73 Å². The highest BCUT2D eigenvalue weighted by Gasteiger charge is 2.37. The Kier molecular flexibility index (Phi) is 7.06. The number of nitrogens with zero attached hydrogens (tertiary/aromatic N) is 3. The summed E-state index contributed by atoms with van der Waals surface area (Å²) in [7, 11) is 0. The van der Waals surface area contributed by atoms with Gasteiger partial charge in [-0.2, -0.15) is 31.4 Å². The minimum Gasteiger partial charge on any atom is -0.366 e. The second kappa shape index (κ2) is 9.49. The summed E-state index contributed by atoms with van der Waals surface area (Å²) in [6.07, 6.45) is -2.84. The molecule has 0 saturated carbocycles. The second-order valence-electron chi connectivity index (χ2n) is 7.48. The lowest BCUT2D eigenvalue weighted by Crippen LogP contribution is -2.19. The van der Waals surface area contributed by atoms with Gasteiger partial charge in [0.2, 0.25) is 0 Å². The first-order valence-corrected chi connectivity index (χ1v) is 10.1. The van der Waals surface area contributed by atoms with Gasteiger partial charge in [-0.05, 0) is 36.2 Å². The Morgan fingerprint density at radius 1 is 1.09 bits per heavy atom. The minimum atomic E-state index is -5.00. The van der Waals surface area contributed by atoms with E-state index >= 15 is 0 Å². The summed E-state index contributed by atoms with van der Waals surface area (Å²) >= 11 is 5.91. The summed E-state index contributed by atoms with van der Waals surface area (Å²) in [5.41, 5.74) is 2.35. The van der Waals surface area contributed by atoms with E-state index in [-0.39, 0.29) is 39.9 Å². The Labute approximate surface area is 195 Å². The van der Waals surface area contributed by atoms with Crippen LogP contribution in [0.2, 0.25) is 5.02 Å². The summed E-state index contributed by atoms with van der Waals surface area (Å²) in [4.78, 5) is 15.9. The fraction of sp³-hybridized carbons (Fsp3) is 0.227. The van der Waals surface area contributed by atoms with Crippen molar-refractivity contribution < 1.29 is 31.1 Å². The van der Waals surface area contributed by atoms with Crippen molar-refractivity contribution in [3.05, 3.63) is 82.4 Å². The van der Waals surface area contributed by atoms with E-state index in [1.54, 1.807) is 13.0 Å². The van der Waals surface area contributed by atoms with Crippen molar-refractivity contribution in [3.63, 3.8) is 0 Å². The molecule has 2 heterocycles. The van der Waals surface area contributed by atoms with E-state index in [9.17, 15) is 31.1 Å². The molecule has 5 nitrogen and oxygen atoms in total. The van der Waals surface area contributed by atoms with Gasteiger partial charge in [0, 0.05) is 36.3 Å². The number of amides is 1. The molecule has 180 valence electrons. The van der Waals surface area contributed by atoms with Gasteiger partial charge in [0.25, 0.3) is 5.91 Å². The molecule has 34 heavy (non-hydrogen) atoms. The van der Waals surface area contributed by atoms with Crippen molar-refractivity contribution in [2.24, 2.45) is 16.8 Å². The topological polar surface area (TPSA) is 71.6 Å². The number of halogens is 7. The molecule has 12 heteroatoms. The largest absolute Gasteiger partial charge is 0.416 e. The lowest BCUT2D eigenvalue weighted by molar-refractivity contribution is -0.143. The Bertz CT molecular complexity index is 1150. The number of hydrazone groups is 1. The molecule has 0 saturated heterocycles. The number of allylic oxidation sites excluding steroid dienone is 1. The quantitative estimate of drug-likeness (QED) is 0.420. The zero-order valence-electron chi connectivity index (χ0n) is 17.5. The van der Waals surface area contributed by atoms with Gasteiger partial charge in [0.05, 0.1) is 27.4 Å². The Morgan fingerprint density at radius 3 is 2.24 bits per heavy atom. The zero-order valence-corrected chi connectivity index (χ0v) is 18.2. The molecule has 1 aromatic heterocycles. The van der Waals surface area contributed by atoms with Crippen LogP contribution in [0.15, 0.2) is 60.2 Å². The molecule has 0 aliphatic carbocycles. The standard InChI is InChI=1S/C22H17ClF6N4O/c1-12-3-2-4-33(11-18(20(30)34)14-7-17(23)10-31-9-14)32-19(12)13-5-15(21(24,25)26)8-16(6-13)22(27,28)29/h2,4-12H,3H2,1H3,(H2,30,34). The van der Waals surface area contributed by atoms with Crippen molar-refractivity contribution in [1.29, 1.82) is 0 Å². The first kappa shape index (κ1) is 25.3. The van der Waals surface area contributed by atoms with E-state index in [1.807, 2.05) is 0 Å². The molecule has 1 aromatic carbocycles. The summed E-state index contributed by atoms with van der Waals surface area (Å²) in [5.74, 6) is -1.41. The molecular formula is C22H17ClF6N4O. The van der Waals surface area contributed by atoms with E-state index in [0.29, 0.717) is 12.1 Å². The molecule has 2 N–H and O–H groups in total. The van der Waals surface area contributed by atoms with Gasteiger partial charge >= 0.3 is 12.4 Å². The Morgan fingerprint density at radius 2 is 1.71 bits per heavy atom. The molecule has 1 amide bonds. The number of carbonyl (C=O) groups is 1. The number of hydrogen-bond acceptors (Lipinski definition) is 4. The fourth-order valence-electron chi connectivity index (χ4n) is 3.23. The van der Waals surface area contributed by atoms with Gasteiger partial charge in [0.1, 0.15) is 0 Å². The van der Waals surface area contributed by atoms with Crippen LogP contribution in [0.4, 0.5) is 26.3 Å². The van der Waals surface area contributed by atoms with Crippen LogP contribution in [-0.2, 0) is 17.1 Å². The van der Waals surface area contributed by atoms with Crippen LogP contribution in [0.3, 0.4) is 0 Å². The summed E-state index contributed by atoms with van der Waals surface area (Å²) in [5, 5.41) is 5.56. The molecule has 1 aliphatic rings. The van der Waals surface area contributed by atoms with Crippen molar-refractivity contribution >= 4 is 28.8 Å². The number of hydrogen-bond donors (Lipinski definition) is 1. The monoisotopic (exact) mass is 502 g/mol. The van der Waals surface area contributed by atoms with Crippen LogP contribution in [0.25, 0.3) is 5.57 Å². The highest BCUT2D eigenvalue weighted by atomic mass is 35.5. The summed E-state index contributed by atoms with van der Waals surface area (Å²) in [6, 6.07) is 2.71. The molecule has 0 fully saturated rings. The maximum Gasteiger partial charge on any atom is 0.416 e. The van der Waals surface area contributed by atoms with E-state index in [0.717, 1.165) is 5.01 Å². The van der Waals surface area contributed by atoms with Crippen LogP contribution in [0.5, 0.6) is 0 Å². The molecule has 1 atom stereocenters. The molecule has 2 aromatic rings. The molecule has 3 rings (SSSR count). The first-order chi connectivity index (χ1) is 15.8. The van der Waals surface area contributed by atoms with Gasteiger partial charge in [-0.15, -0.1) is 0 Å². The fourth-order valence-corrected chi connectivity index (χ4v) is 3.40. The van der Waals surface area contributed by atoms with Gasteiger partial charge in [-0.3, -0.25) is 9.78 Å². The number of nitrogens with two attached hydrogens (primary N) is 1. The van der Waals surface area contributed by atoms with Crippen molar-refractivity contribution in [2.75, 3.05) is 0 Å². The minimum absolute atomic E-state index is 0.0362. The number of primary amides is 1. The van der Waals surface area contributed by atoms with E-state index in [4.69, 9.17) is 17.3 Å². The zero-order chi connectivity index (χ0) is 25.3. The van der Waals surface area contributed by atoms with Gasteiger partial charge in [-0.1, -0.05) is 24.6 Å². The van der Waals surface area contributed by atoms with E-state index < -0.39 is 35.3 Å². The van der Waals surface area contributed by atoms with Crippen molar-refractivity contribution in [3.8, 4) is 0 Å². The number of benzene rings is 1. The molecule has 1 aliphatic heterocycles. The Balaban J connectivity index is 2.16. The molecule has 0 radical (unpaired) electrons. The maximum absolute atomic E-state index is 13.3. The first-order valence-electron chi connectivity index (χ1n) is 9.71. The molecular weight excluding hydrogens is 486 g/mol. The predicted molar refractivity (Wildman–Crippen MR) is 114 cm³/mol. The normalized spacial score (nSPS) is 17.4. The highest BCUT2D eigenvalue weighted by Crippen LogP contribution is 2.37. The number of aromatic nitrogens is 1. The van der Waals surface area contributed by atoms with Crippen LogP contribution in [-0.4, -0.2) is 21.6 Å². The third-order valence-electron chi connectivity index (χ3n) is 4.86. The van der Waals surface area contributed by atoms with Gasteiger partial charge < -0.3 is 5.73 Å². The van der Waals surface area contributed by atoms with Crippen LogP contribution in [0, 0.1) is 5.92 Å². The SMILES string of the molecule is CC1CC=CN(C=C(C(N)=O)c2cncc(Cl)c2)N=C1c1cc(C(F)(F)F)cc(C(F)(F)F)c1. The van der Waals surface area contributed by atoms with Gasteiger partial charge in [-0.25, -0.2) is 5.01 Å². The number of alkyl halides is 6. The summed E-state index contributed by atoms with van der Waals surface area (Å²) in [6.45, 7) is 1.61. The van der Waals surface area contributed by atoms with Crippen LogP contribution >= 0.6 is 11.6 Å². The van der Waals surface area contributed by atoms with E-state index in [2.05, 4.69) is 10.1 Å². The summed E-state index contributed by atoms with van der Waals surface area (Å²) < 4.78 is 80.0. The van der Waals surface area contributed by atoms with Crippen molar-refractivity contribution in [1.82, 2.24) is 9.99 Å². The van der Waals surface area contributed by atoms with Crippen molar-refractivity contribution in [2.45, 2.75) is 25.7 Å². The third-order valence-corrected chi connectivity index (χ3v) is 5.07. The Hall–Kier alpha value is -3.34. The average molecular weight is 503 g/mol. The molecule has 0 bridgehead atoms. The maximum atomic E-state index is 13.3. The second-order valence-corrected chi connectivity index (χ2v) is 7.92. The molecule has 1 unspecified atom stereocenters. The number of rotatable bonds is 4. The van der Waals surface area contributed by atoms with Gasteiger partial charge in [0.15, 0.2) is 0 Å². The predicted octanol–water partition coefficient (Wildman–Crippen LogP) is 5.86. The highest BCUT2D eigenvalue weighted by molar-refractivity contribution is 6.31. The lowest BCUT2D eigenvalue weighted by Gasteiger charge is -2.19. The van der Waals surface area contributed by atoms with Crippen LogP contribution in [0.1, 0.15) is 35.6 Å². The van der Waals surface area contributed by atoms with E-state index in [1.165, 1.54) is 30.9 Å². The molecule has 0 spiro atoms. The number of pyridine rings is 1. The third kappa shape index (κ3) is 5.96. The average Bonchev–Trinajstić information content (AvgIpc) is 2.91.